The van der Waals surface area contributed by atoms with Crippen molar-refractivity contribution in [2.24, 2.45) is 5.92 Å². The zero-order chi connectivity index (χ0) is 62.7. The van der Waals surface area contributed by atoms with E-state index >= 15 is 0 Å². The number of rotatable bonds is 27. The van der Waals surface area contributed by atoms with E-state index in [2.05, 4.69) is 264 Å². The maximum Gasteiger partial charge on any atom is 0.192 e. The maximum atomic E-state index is 8.27. The summed E-state index contributed by atoms with van der Waals surface area (Å²) in [5, 5.41) is 4.07. The molecule has 0 unspecified atom stereocenters. The lowest BCUT2D eigenvalue weighted by Gasteiger charge is -2.42. The van der Waals surface area contributed by atoms with Crippen molar-refractivity contribution in [1.29, 1.82) is 0 Å². The van der Waals surface area contributed by atoms with Crippen molar-refractivity contribution in [1.82, 2.24) is 19.5 Å². The molecule has 12 rings (SSSR count). The Kier molecular flexibility index (Phi) is 19.1. The van der Waals surface area contributed by atoms with E-state index < -0.39 is 49.6 Å². The highest BCUT2D eigenvalue weighted by Crippen LogP contribution is 2.50. The van der Waals surface area contributed by atoms with Crippen molar-refractivity contribution in [2.75, 3.05) is 38.4 Å². The molecular weight excluding hydrogens is 1140 g/mol. The second-order valence-electron chi connectivity index (χ2n) is 24.7. The fraction of sp³-hybridized carbons (Fsp3) is 0.253. The number of nitrogens with zero attached hydrogens (tertiary/aromatic N) is 4. The van der Waals surface area contributed by atoms with Gasteiger partial charge in [0, 0.05) is 0 Å². The Labute approximate surface area is 537 Å². The molecule has 12 heteroatoms. The van der Waals surface area contributed by atoms with Gasteiger partial charge in [-0.3, -0.25) is 4.57 Å². The normalized spacial score (nSPS) is 16.5. The van der Waals surface area contributed by atoms with Crippen LogP contribution in [0.1, 0.15) is 84.0 Å². The summed E-state index contributed by atoms with van der Waals surface area (Å²) in [6.45, 7) is 15.2. The van der Waals surface area contributed by atoms with Crippen LogP contribution in [-0.4, -0.2) is 79.2 Å². The molecule has 11 aromatic rings. The Bertz CT molecular complexity index is 3730. The average molecular weight is 1220 g/mol. The van der Waals surface area contributed by atoms with Crippen LogP contribution in [0.5, 0.6) is 0 Å². The van der Waals surface area contributed by atoms with Crippen molar-refractivity contribution in [2.45, 2.75) is 87.1 Å². The number of hydrogen-bond donors (Lipinski definition) is 1. The van der Waals surface area contributed by atoms with Crippen LogP contribution in [0, 0.1) is 5.92 Å². The summed E-state index contributed by atoms with van der Waals surface area (Å²) in [7, 11) is -2.10. The number of hydrogen-bond acceptors (Lipinski definition) is 10. The van der Waals surface area contributed by atoms with Gasteiger partial charge in [0.25, 0.3) is 0 Å². The van der Waals surface area contributed by atoms with Gasteiger partial charge in [-0.15, -0.1) is 0 Å². The number of anilines is 1. The predicted octanol–water partition coefficient (Wildman–Crippen LogP) is 16.6. The second kappa shape index (κ2) is 27.8. The molecule has 4 atom stereocenters. The lowest BCUT2D eigenvalue weighted by atomic mass is 9.77. The number of benzene rings is 9. The molecular formula is C79H81N5O6Si. The Morgan fingerprint density at radius 3 is 1.26 bits per heavy atom. The van der Waals surface area contributed by atoms with Crippen LogP contribution in [0.15, 0.2) is 286 Å². The maximum absolute atomic E-state index is 8.27. The molecule has 462 valence electrons. The van der Waals surface area contributed by atoms with Crippen LogP contribution in [0.25, 0.3) is 11.2 Å². The summed E-state index contributed by atoms with van der Waals surface area (Å²) in [4.78, 5) is 15.4. The van der Waals surface area contributed by atoms with E-state index in [9.17, 15) is 0 Å². The van der Waals surface area contributed by atoms with Crippen molar-refractivity contribution in [3.8, 4) is 0 Å². The van der Waals surface area contributed by atoms with Crippen molar-refractivity contribution in [3.05, 3.63) is 336 Å². The van der Waals surface area contributed by atoms with E-state index in [1.165, 1.54) is 0 Å². The smallest absolute Gasteiger partial charge is 0.192 e. The standard InChI is InChI=1S/C79H81N5O6Si/c1-59(2)76(3,4)91(5,6)88-55-53-85-52-54-86-71-69(56-87-78(63-40-22-10-23-41-63,64-42-24-11-25-43-64)65-44-26-12-27-45-65)89-75(72(71)90-79(66-46-28-13-29-47-66,67-48-30-14-31-49-67)68-50-32-15-33-51-68)84-58-82-70-73(80-57-81-74(70)84)83-77(60-34-16-7-17-35-60,61-36-18-8-19-37-61)62-38-20-9-21-39-62/h7-51,57-59,69,71-72,75H,52-56H2,1-6H3,(H,80,81,83)/t69-,71-,72-,75-/m1/s1. The van der Waals surface area contributed by atoms with Crippen LogP contribution < -0.4 is 5.32 Å². The number of imidazole rings is 1. The minimum Gasteiger partial charge on any atom is -0.414 e. The quantitative estimate of drug-likeness (QED) is 0.0304. The first kappa shape index (κ1) is 62.5. The third-order valence-electron chi connectivity index (χ3n) is 18.9. The molecule has 3 heterocycles. The summed E-state index contributed by atoms with van der Waals surface area (Å²) >= 11 is 0. The molecule has 0 bridgehead atoms. The van der Waals surface area contributed by atoms with E-state index in [0.717, 1.165) is 50.1 Å². The van der Waals surface area contributed by atoms with Crippen LogP contribution in [-0.2, 0) is 44.9 Å². The number of nitrogens with one attached hydrogen (secondary N) is 1. The van der Waals surface area contributed by atoms with Gasteiger partial charge in [-0.1, -0.05) is 301 Å². The molecule has 1 aliphatic heterocycles. The zero-order valence-corrected chi connectivity index (χ0v) is 53.8. The molecule has 1 aliphatic rings. The molecule has 0 aliphatic carbocycles. The third kappa shape index (κ3) is 12.5. The van der Waals surface area contributed by atoms with Crippen molar-refractivity contribution < 1.29 is 28.1 Å². The molecule has 1 N–H and O–H groups in total. The number of ether oxygens (including phenoxy) is 5. The highest BCUT2D eigenvalue weighted by atomic mass is 28.4. The Balaban J connectivity index is 1.01. The molecule has 0 amide bonds. The van der Waals surface area contributed by atoms with Crippen LogP contribution >= 0.6 is 0 Å². The largest absolute Gasteiger partial charge is 0.414 e. The first-order chi connectivity index (χ1) is 44.5. The van der Waals surface area contributed by atoms with E-state index in [1.54, 1.807) is 12.7 Å². The summed E-state index contributed by atoms with van der Waals surface area (Å²) in [6.07, 6.45) is -0.0292. The lowest BCUT2D eigenvalue weighted by Crippen LogP contribution is -2.46. The van der Waals surface area contributed by atoms with E-state index in [0.29, 0.717) is 36.1 Å². The molecule has 0 radical (unpaired) electrons. The van der Waals surface area contributed by atoms with Gasteiger partial charge >= 0.3 is 0 Å². The Morgan fingerprint density at radius 1 is 0.473 bits per heavy atom. The van der Waals surface area contributed by atoms with Crippen LogP contribution in [0.2, 0.25) is 18.1 Å². The molecule has 9 aromatic carbocycles. The molecule has 1 fully saturated rings. The van der Waals surface area contributed by atoms with Gasteiger partial charge in [0.05, 0.1) is 39.4 Å². The minimum atomic E-state index is -2.10. The molecule has 91 heavy (non-hydrogen) atoms. The topological polar surface area (TPSA) is 111 Å². The summed E-state index contributed by atoms with van der Waals surface area (Å²) in [6, 6.07) is 94.0. The molecule has 2 aromatic heterocycles. The number of fused-ring (bicyclic) bond motifs is 1. The highest BCUT2D eigenvalue weighted by Gasteiger charge is 2.54. The van der Waals surface area contributed by atoms with E-state index in [4.69, 9.17) is 43.1 Å². The first-order valence-corrected chi connectivity index (χ1v) is 34.6. The van der Waals surface area contributed by atoms with Gasteiger partial charge < -0.3 is 33.4 Å². The monoisotopic (exact) mass is 1220 g/mol. The second-order valence-corrected chi connectivity index (χ2v) is 29.3. The van der Waals surface area contributed by atoms with Gasteiger partial charge in [-0.25, -0.2) is 15.0 Å². The van der Waals surface area contributed by atoms with Gasteiger partial charge in [0.2, 0.25) is 0 Å². The first-order valence-electron chi connectivity index (χ1n) is 31.7. The van der Waals surface area contributed by atoms with Gasteiger partial charge in [0.1, 0.15) is 41.4 Å². The number of aromatic nitrogens is 4. The van der Waals surface area contributed by atoms with Gasteiger partial charge in [-0.2, -0.15) is 0 Å². The minimum absolute atomic E-state index is 0.0525. The average Bonchev–Trinajstić information content (AvgIpc) is 1.74. The zero-order valence-electron chi connectivity index (χ0n) is 52.8. The fourth-order valence-corrected chi connectivity index (χ4v) is 15.3. The molecule has 0 spiro atoms. The lowest BCUT2D eigenvalue weighted by molar-refractivity contribution is -0.135. The third-order valence-corrected chi connectivity index (χ3v) is 23.5. The van der Waals surface area contributed by atoms with Crippen LogP contribution in [0.4, 0.5) is 5.82 Å². The van der Waals surface area contributed by atoms with Crippen molar-refractivity contribution in [3.63, 3.8) is 0 Å². The summed E-state index contributed by atoms with van der Waals surface area (Å²) < 4.78 is 46.3. The van der Waals surface area contributed by atoms with Gasteiger partial charge in [0.15, 0.2) is 31.5 Å². The van der Waals surface area contributed by atoms with Crippen LogP contribution in [0.3, 0.4) is 0 Å². The van der Waals surface area contributed by atoms with E-state index in [1.807, 2.05) is 59.2 Å². The molecule has 11 nitrogen and oxygen atoms in total. The molecule has 1 saturated heterocycles. The Hall–Kier alpha value is -8.69. The predicted molar refractivity (Wildman–Crippen MR) is 364 cm³/mol. The fourth-order valence-electron chi connectivity index (χ4n) is 13.0. The van der Waals surface area contributed by atoms with Gasteiger partial charge in [-0.05, 0) is 74.1 Å². The SMILES string of the molecule is CC(C)C(C)(C)[Si](C)(C)OCCOCCO[C@H]1[C@@H](OC(c2ccccc2)(c2ccccc2)c2ccccc2)[C@H](n2cnc3c(NC(c4ccccc4)(c4ccccc4)c4ccccc4)ncnc32)O[C@@H]1COC(c1ccccc1)(c1ccccc1)c1ccccc1. The van der Waals surface area contributed by atoms with E-state index in [-0.39, 0.29) is 24.9 Å². The Morgan fingerprint density at radius 2 is 0.857 bits per heavy atom. The summed E-state index contributed by atoms with van der Waals surface area (Å²) in [5.74, 6) is 0.995. The summed E-state index contributed by atoms with van der Waals surface area (Å²) in [5.41, 5.74) is 6.46. The molecule has 0 saturated carbocycles. The van der Waals surface area contributed by atoms with Crippen molar-refractivity contribution >= 4 is 25.3 Å². The highest BCUT2D eigenvalue weighted by molar-refractivity contribution is 6.74.